The van der Waals surface area contributed by atoms with Crippen LogP contribution in [0.15, 0.2) is 60.8 Å². The van der Waals surface area contributed by atoms with Gasteiger partial charge in [0.15, 0.2) is 0 Å². The van der Waals surface area contributed by atoms with Crippen LogP contribution in [-0.2, 0) is 21.0 Å². The lowest BCUT2D eigenvalue weighted by Gasteiger charge is -2.21. The van der Waals surface area contributed by atoms with E-state index in [-0.39, 0.29) is 24.1 Å². The SMILES string of the molecule is CCOc1cc(C)nc2c(OCc3c(Cl)ccc(N(C)C(=O)CNC(=O)C=Cc4ccc(NC(C)=O)nc4)c3Cl)cccc12. The number of hydrogen-bond acceptors (Lipinski definition) is 7. The fourth-order valence-electron chi connectivity index (χ4n) is 4.24. The minimum Gasteiger partial charge on any atom is -0.493 e. The Kier molecular flexibility index (Phi) is 10.8. The number of amides is 3. The van der Waals surface area contributed by atoms with Gasteiger partial charge in [-0.1, -0.05) is 29.3 Å². The minimum absolute atomic E-state index is 0.0222. The summed E-state index contributed by atoms with van der Waals surface area (Å²) in [5, 5.41) is 6.56. The summed E-state index contributed by atoms with van der Waals surface area (Å²) in [5.41, 5.74) is 2.97. The zero-order valence-corrected chi connectivity index (χ0v) is 26.1. The van der Waals surface area contributed by atoms with Crippen LogP contribution in [0.4, 0.5) is 11.5 Å². The quantitative estimate of drug-likeness (QED) is 0.195. The van der Waals surface area contributed by atoms with Crippen molar-refractivity contribution in [2.75, 3.05) is 30.4 Å². The molecule has 0 spiro atoms. The maximum absolute atomic E-state index is 12.9. The van der Waals surface area contributed by atoms with Crippen LogP contribution < -0.4 is 25.0 Å². The van der Waals surface area contributed by atoms with Crippen LogP contribution in [0.2, 0.25) is 10.0 Å². The fraction of sp³-hybridized carbons (Fsp3) is 0.219. The van der Waals surface area contributed by atoms with E-state index < -0.39 is 11.8 Å². The van der Waals surface area contributed by atoms with Gasteiger partial charge in [0.05, 0.1) is 23.9 Å². The Morgan fingerprint density at radius 3 is 2.55 bits per heavy atom. The number of nitrogens with zero attached hydrogens (tertiary/aromatic N) is 3. The average molecular weight is 637 g/mol. The number of aromatic nitrogens is 2. The van der Waals surface area contributed by atoms with Crippen molar-refractivity contribution in [1.82, 2.24) is 15.3 Å². The normalized spacial score (nSPS) is 11.0. The predicted octanol–water partition coefficient (Wildman–Crippen LogP) is 5.97. The maximum Gasteiger partial charge on any atom is 0.246 e. The summed E-state index contributed by atoms with van der Waals surface area (Å²) in [4.78, 5) is 46.5. The second-order valence-corrected chi connectivity index (χ2v) is 10.4. The van der Waals surface area contributed by atoms with E-state index in [2.05, 4.69) is 20.6 Å². The molecule has 0 aliphatic carbocycles. The van der Waals surface area contributed by atoms with Crippen molar-refractivity contribution in [3.05, 3.63) is 87.7 Å². The Labute approximate surface area is 265 Å². The third-order valence-corrected chi connectivity index (χ3v) is 7.17. The first-order valence-electron chi connectivity index (χ1n) is 13.7. The average Bonchev–Trinajstić information content (AvgIpc) is 2.99. The summed E-state index contributed by atoms with van der Waals surface area (Å²) < 4.78 is 11.9. The molecule has 0 radical (unpaired) electrons. The molecule has 10 nitrogen and oxygen atoms in total. The van der Waals surface area contributed by atoms with Crippen LogP contribution in [0, 0.1) is 6.92 Å². The van der Waals surface area contributed by atoms with E-state index in [1.165, 1.54) is 24.1 Å². The second kappa shape index (κ2) is 14.7. The summed E-state index contributed by atoms with van der Waals surface area (Å²) >= 11 is 13.2. The van der Waals surface area contributed by atoms with Gasteiger partial charge < -0.3 is 25.0 Å². The van der Waals surface area contributed by atoms with E-state index in [9.17, 15) is 14.4 Å². The molecule has 0 atom stereocenters. The lowest BCUT2D eigenvalue weighted by molar-refractivity contribution is -0.122. The van der Waals surface area contributed by atoms with Gasteiger partial charge in [0.2, 0.25) is 17.7 Å². The van der Waals surface area contributed by atoms with E-state index in [1.807, 2.05) is 32.0 Å². The highest BCUT2D eigenvalue weighted by molar-refractivity contribution is 6.38. The molecule has 0 aliphatic heterocycles. The van der Waals surface area contributed by atoms with E-state index in [0.29, 0.717) is 45.5 Å². The zero-order chi connectivity index (χ0) is 31.8. The van der Waals surface area contributed by atoms with Crippen LogP contribution in [0.3, 0.4) is 0 Å². The van der Waals surface area contributed by atoms with Crippen molar-refractivity contribution in [1.29, 1.82) is 0 Å². The highest BCUT2D eigenvalue weighted by Gasteiger charge is 2.20. The van der Waals surface area contributed by atoms with Crippen molar-refractivity contribution in [2.24, 2.45) is 0 Å². The van der Waals surface area contributed by atoms with Gasteiger partial charge in [0.25, 0.3) is 0 Å². The molecule has 3 amide bonds. The predicted molar refractivity (Wildman–Crippen MR) is 172 cm³/mol. The summed E-state index contributed by atoms with van der Waals surface area (Å²) in [6.07, 6.45) is 4.34. The number of carbonyl (C=O) groups is 3. The molecule has 0 bridgehead atoms. The molecule has 2 N–H and O–H groups in total. The van der Waals surface area contributed by atoms with Crippen LogP contribution in [0.1, 0.15) is 30.7 Å². The smallest absolute Gasteiger partial charge is 0.246 e. The topological polar surface area (TPSA) is 123 Å². The summed E-state index contributed by atoms with van der Waals surface area (Å²) in [6, 6.07) is 14.0. The molecule has 0 aliphatic rings. The molecule has 44 heavy (non-hydrogen) atoms. The molecule has 2 aromatic heterocycles. The molecule has 0 fully saturated rings. The molecule has 0 saturated heterocycles. The van der Waals surface area contributed by atoms with Gasteiger partial charge in [0, 0.05) is 54.0 Å². The van der Waals surface area contributed by atoms with Crippen LogP contribution in [-0.4, -0.2) is 47.9 Å². The molecule has 12 heteroatoms. The third kappa shape index (κ3) is 8.03. The highest BCUT2D eigenvalue weighted by Crippen LogP contribution is 2.36. The van der Waals surface area contributed by atoms with Crippen LogP contribution in [0.5, 0.6) is 11.5 Å². The number of ether oxygens (including phenoxy) is 2. The van der Waals surface area contributed by atoms with Crippen molar-refractivity contribution in [3.63, 3.8) is 0 Å². The molecule has 2 aromatic carbocycles. The molecular formula is C32H31Cl2N5O5. The Bertz CT molecular complexity index is 1730. The molecule has 4 aromatic rings. The number of para-hydroxylation sites is 1. The lowest BCUT2D eigenvalue weighted by Crippen LogP contribution is -2.37. The van der Waals surface area contributed by atoms with Crippen LogP contribution >= 0.6 is 23.2 Å². The van der Waals surface area contributed by atoms with E-state index >= 15 is 0 Å². The number of anilines is 2. The number of carbonyl (C=O) groups excluding carboxylic acids is 3. The summed E-state index contributed by atoms with van der Waals surface area (Å²) in [6.45, 7) is 5.46. The van der Waals surface area contributed by atoms with Gasteiger partial charge >= 0.3 is 0 Å². The molecule has 0 saturated carbocycles. The van der Waals surface area contributed by atoms with Crippen LogP contribution in [0.25, 0.3) is 17.0 Å². The number of hydrogen-bond donors (Lipinski definition) is 2. The standard InChI is InChI=1S/C32H31Cl2N5O5/c1-5-43-27-15-19(2)37-32-22(27)7-6-8-26(32)44-18-23-24(33)11-12-25(31(23)34)39(4)30(42)17-36-29(41)14-10-21-9-13-28(35-16-21)38-20(3)40/h6-16H,5,17-18H2,1-4H3,(H,36,41)(H,35,38,40). The molecule has 4 rings (SSSR count). The zero-order valence-electron chi connectivity index (χ0n) is 24.6. The van der Waals surface area contributed by atoms with Gasteiger partial charge in [-0.25, -0.2) is 9.97 Å². The number of benzene rings is 2. The largest absolute Gasteiger partial charge is 0.493 e. The summed E-state index contributed by atoms with van der Waals surface area (Å²) in [7, 11) is 1.55. The lowest BCUT2D eigenvalue weighted by atomic mass is 10.1. The van der Waals surface area contributed by atoms with Crippen molar-refractivity contribution < 1.29 is 23.9 Å². The first-order chi connectivity index (χ1) is 21.1. The molecule has 0 unspecified atom stereocenters. The Balaban J connectivity index is 1.41. The number of fused-ring (bicyclic) bond motifs is 1. The maximum atomic E-state index is 12.9. The molecule has 2 heterocycles. The number of rotatable bonds is 11. The van der Waals surface area contributed by atoms with Crippen molar-refractivity contribution >= 4 is 69.4 Å². The molecular weight excluding hydrogens is 605 g/mol. The van der Waals surface area contributed by atoms with Gasteiger partial charge in [-0.2, -0.15) is 0 Å². The molecule has 228 valence electrons. The number of halogens is 2. The Morgan fingerprint density at radius 2 is 1.84 bits per heavy atom. The number of pyridine rings is 2. The number of nitrogens with one attached hydrogen (secondary N) is 2. The van der Waals surface area contributed by atoms with Gasteiger partial charge in [0.1, 0.15) is 29.4 Å². The number of aryl methyl sites for hydroxylation is 1. The minimum atomic E-state index is -0.472. The van der Waals surface area contributed by atoms with E-state index in [1.54, 1.807) is 43.5 Å². The Morgan fingerprint density at radius 1 is 1.05 bits per heavy atom. The van der Waals surface area contributed by atoms with Gasteiger partial charge in [-0.05, 0) is 61.9 Å². The fourth-order valence-corrected chi connectivity index (χ4v) is 4.84. The van der Waals surface area contributed by atoms with E-state index in [0.717, 1.165) is 16.8 Å². The Hall–Kier alpha value is -4.67. The first kappa shape index (κ1) is 32.2. The highest BCUT2D eigenvalue weighted by atomic mass is 35.5. The van der Waals surface area contributed by atoms with Gasteiger partial charge in [-0.3, -0.25) is 14.4 Å². The first-order valence-corrected chi connectivity index (χ1v) is 14.4. The van der Waals surface area contributed by atoms with E-state index in [4.69, 9.17) is 32.7 Å². The van der Waals surface area contributed by atoms with Crippen molar-refractivity contribution in [3.8, 4) is 11.5 Å². The van der Waals surface area contributed by atoms with Gasteiger partial charge in [-0.15, -0.1) is 0 Å². The third-order valence-electron chi connectivity index (χ3n) is 6.40. The second-order valence-electron chi connectivity index (χ2n) is 9.66. The monoisotopic (exact) mass is 635 g/mol. The number of likely N-dealkylation sites (N-methyl/N-ethyl adjacent to an activating group) is 1. The summed E-state index contributed by atoms with van der Waals surface area (Å²) in [5.74, 6) is 0.547. The van der Waals surface area contributed by atoms with Crippen molar-refractivity contribution in [2.45, 2.75) is 27.4 Å².